The Labute approximate surface area is 73.4 Å². The highest BCUT2D eigenvalue weighted by Crippen LogP contribution is 2.22. The first-order valence-electron chi connectivity index (χ1n) is 4.27. The van der Waals surface area contributed by atoms with E-state index in [9.17, 15) is 0 Å². The summed E-state index contributed by atoms with van der Waals surface area (Å²) in [4.78, 5) is 0. The molecule has 1 nitrogen and oxygen atoms in total. The van der Waals surface area contributed by atoms with E-state index < -0.39 is 0 Å². The highest BCUT2D eigenvalue weighted by molar-refractivity contribution is 5.16. The lowest BCUT2D eigenvalue weighted by Crippen LogP contribution is -2.06. The molecule has 0 N–H and O–H groups in total. The Kier molecular flexibility index (Phi) is 2.13. The SMILES string of the molecule is [CH]C(Cc1ccccc1)[C@H]1CO1. The van der Waals surface area contributed by atoms with Gasteiger partial charge in [-0.1, -0.05) is 30.3 Å². The van der Waals surface area contributed by atoms with Gasteiger partial charge in [-0.05, 0) is 24.8 Å². The largest absolute Gasteiger partial charge is 0.373 e. The number of rotatable bonds is 3. The molecule has 2 radical (unpaired) electrons. The molecule has 1 aliphatic rings. The Morgan fingerprint density at radius 2 is 2.08 bits per heavy atom. The summed E-state index contributed by atoms with van der Waals surface area (Å²) in [7, 11) is 0. The van der Waals surface area contributed by atoms with Crippen LogP contribution in [-0.4, -0.2) is 12.7 Å². The molecule has 62 valence electrons. The maximum Gasteiger partial charge on any atom is 0.0844 e. The second-order valence-corrected chi connectivity index (χ2v) is 3.23. The summed E-state index contributed by atoms with van der Waals surface area (Å²) in [6.45, 7) is 6.73. The number of ether oxygens (including phenoxy) is 1. The van der Waals surface area contributed by atoms with Crippen LogP contribution < -0.4 is 0 Å². The van der Waals surface area contributed by atoms with Gasteiger partial charge in [0.25, 0.3) is 0 Å². The standard InChI is InChI=1S/C11H12O/c1-9(11-8-12-11)7-10-5-3-2-4-6-10/h1-6,9,11H,7-8H2/t9?,11-/m1/s1. The number of benzene rings is 1. The van der Waals surface area contributed by atoms with E-state index in [1.54, 1.807) is 0 Å². The lowest BCUT2D eigenvalue weighted by Gasteiger charge is -2.06. The van der Waals surface area contributed by atoms with E-state index in [2.05, 4.69) is 12.1 Å². The number of epoxide rings is 1. The van der Waals surface area contributed by atoms with E-state index in [-0.39, 0.29) is 5.92 Å². The molecule has 2 rings (SSSR count). The van der Waals surface area contributed by atoms with Crippen molar-refractivity contribution in [2.45, 2.75) is 12.5 Å². The van der Waals surface area contributed by atoms with Crippen LogP contribution in [0.4, 0.5) is 0 Å². The van der Waals surface area contributed by atoms with Gasteiger partial charge in [-0.2, -0.15) is 0 Å². The van der Waals surface area contributed by atoms with Gasteiger partial charge in [-0.15, -0.1) is 0 Å². The van der Waals surface area contributed by atoms with Gasteiger partial charge in [-0.25, -0.2) is 0 Å². The van der Waals surface area contributed by atoms with Crippen LogP contribution in [0.5, 0.6) is 0 Å². The first-order valence-corrected chi connectivity index (χ1v) is 4.27. The minimum Gasteiger partial charge on any atom is -0.373 e. The molecule has 1 fully saturated rings. The van der Waals surface area contributed by atoms with Crippen LogP contribution >= 0.6 is 0 Å². The van der Waals surface area contributed by atoms with Crippen LogP contribution in [0.1, 0.15) is 5.56 Å². The van der Waals surface area contributed by atoms with Gasteiger partial charge in [-0.3, -0.25) is 0 Å². The van der Waals surface area contributed by atoms with Gasteiger partial charge in [0.2, 0.25) is 0 Å². The van der Waals surface area contributed by atoms with Gasteiger partial charge >= 0.3 is 0 Å². The van der Waals surface area contributed by atoms with Crippen molar-refractivity contribution in [3.05, 3.63) is 42.8 Å². The second-order valence-electron chi connectivity index (χ2n) is 3.23. The predicted octanol–water partition coefficient (Wildman–Crippen LogP) is 1.96. The smallest absolute Gasteiger partial charge is 0.0844 e. The van der Waals surface area contributed by atoms with Gasteiger partial charge in [0.1, 0.15) is 0 Å². The Hall–Kier alpha value is -0.820. The van der Waals surface area contributed by atoms with Crippen LogP contribution in [0.2, 0.25) is 0 Å². The zero-order valence-corrected chi connectivity index (χ0v) is 6.94. The average molecular weight is 160 g/mol. The fraction of sp³-hybridized carbons (Fsp3) is 0.364. The minimum absolute atomic E-state index is 0.174. The molecule has 0 spiro atoms. The van der Waals surface area contributed by atoms with Crippen molar-refractivity contribution in [3.8, 4) is 0 Å². The van der Waals surface area contributed by atoms with Crippen molar-refractivity contribution in [2.75, 3.05) is 6.61 Å². The van der Waals surface area contributed by atoms with Crippen molar-refractivity contribution in [1.82, 2.24) is 0 Å². The zero-order chi connectivity index (χ0) is 8.39. The fourth-order valence-corrected chi connectivity index (χ4v) is 1.32. The van der Waals surface area contributed by atoms with Crippen molar-refractivity contribution in [2.24, 2.45) is 5.92 Å². The molecule has 1 saturated heterocycles. The summed E-state index contributed by atoms with van der Waals surface area (Å²) in [6.07, 6.45) is 1.23. The number of hydrogen-bond donors (Lipinski definition) is 0. The maximum absolute atomic E-state index is 5.89. The summed E-state index contributed by atoms with van der Waals surface area (Å²) in [5, 5.41) is 0. The lowest BCUT2D eigenvalue weighted by molar-refractivity contribution is 0.358. The molecule has 12 heavy (non-hydrogen) atoms. The summed E-state index contributed by atoms with van der Waals surface area (Å²) in [5.41, 5.74) is 1.29. The van der Waals surface area contributed by atoms with Crippen molar-refractivity contribution < 1.29 is 4.74 Å². The van der Waals surface area contributed by atoms with E-state index in [1.807, 2.05) is 18.2 Å². The first kappa shape index (κ1) is 7.81. The summed E-state index contributed by atoms with van der Waals surface area (Å²) < 4.78 is 5.12. The van der Waals surface area contributed by atoms with Crippen LogP contribution in [0.3, 0.4) is 0 Å². The molecule has 0 aliphatic carbocycles. The fourth-order valence-electron chi connectivity index (χ4n) is 1.32. The van der Waals surface area contributed by atoms with Gasteiger partial charge in [0.15, 0.2) is 0 Å². The van der Waals surface area contributed by atoms with Gasteiger partial charge in [0.05, 0.1) is 12.7 Å². The Morgan fingerprint density at radius 3 is 2.67 bits per heavy atom. The predicted molar refractivity (Wildman–Crippen MR) is 47.7 cm³/mol. The average Bonchev–Trinajstić information content (AvgIpc) is 2.88. The third-order valence-electron chi connectivity index (χ3n) is 2.15. The van der Waals surface area contributed by atoms with Gasteiger partial charge < -0.3 is 4.74 Å². The topological polar surface area (TPSA) is 12.5 Å². The molecule has 1 aromatic rings. The molecule has 2 atom stereocenters. The monoisotopic (exact) mass is 160 g/mol. The first-order chi connectivity index (χ1) is 5.86. The molecular formula is C11H12O. The Bertz CT molecular complexity index is 238. The highest BCUT2D eigenvalue weighted by atomic mass is 16.6. The second kappa shape index (κ2) is 3.28. The molecule has 0 bridgehead atoms. The molecule has 0 amide bonds. The number of hydrogen-bond acceptors (Lipinski definition) is 1. The molecule has 0 saturated carbocycles. The van der Waals surface area contributed by atoms with Crippen molar-refractivity contribution in [1.29, 1.82) is 0 Å². The lowest BCUT2D eigenvalue weighted by atomic mass is 9.99. The Balaban J connectivity index is 1.94. The highest BCUT2D eigenvalue weighted by Gasteiger charge is 2.29. The quantitative estimate of drug-likeness (QED) is 0.616. The van der Waals surface area contributed by atoms with E-state index in [4.69, 9.17) is 11.7 Å². The third kappa shape index (κ3) is 1.86. The summed E-state index contributed by atoms with van der Waals surface area (Å²) >= 11 is 0. The molecule has 0 aromatic heterocycles. The van der Waals surface area contributed by atoms with Gasteiger partial charge in [0, 0.05) is 0 Å². The van der Waals surface area contributed by atoms with E-state index >= 15 is 0 Å². The van der Waals surface area contributed by atoms with Crippen LogP contribution in [0.15, 0.2) is 30.3 Å². The maximum atomic E-state index is 5.89. The molecule has 1 aromatic carbocycles. The Morgan fingerprint density at radius 1 is 1.42 bits per heavy atom. The molecule has 1 aliphatic heterocycles. The molecule has 1 unspecified atom stereocenters. The summed E-state index contributed by atoms with van der Waals surface area (Å²) in [5.74, 6) is 0.174. The summed E-state index contributed by atoms with van der Waals surface area (Å²) in [6, 6.07) is 10.3. The molecular weight excluding hydrogens is 148 g/mol. The minimum atomic E-state index is 0.174. The zero-order valence-electron chi connectivity index (χ0n) is 6.94. The van der Waals surface area contributed by atoms with Crippen LogP contribution in [0.25, 0.3) is 0 Å². The van der Waals surface area contributed by atoms with E-state index in [0.717, 1.165) is 13.0 Å². The van der Waals surface area contributed by atoms with E-state index in [0.29, 0.717) is 6.10 Å². The van der Waals surface area contributed by atoms with Crippen LogP contribution in [0, 0.1) is 12.8 Å². The molecule has 1 heterocycles. The van der Waals surface area contributed by atoms with E-state index in [1.165, 1.54) is 5.56 Å². The third-order valence-corrected chi connectivity index (χ3v) is 2.15. The van der Waals surface area contributed by atoms with Crippen molar-refractivity contribution >= 4 is 0 Å². The normalized spacial score (nSPS) is 23.6. The molecule has 1 heteroatoms. The van der Waals surface area contributed by atoms with Crippen molar-refractivity contribution in [3.63, 3.8) is 0 Å². The van der Waals surface area contributed by atoms with Crippen LogP contribution in [-0.2, 0) is 11.2 Å².